The van der Waals surface area contributed by atoms with Gasteiger partial charge in [-0.05, 0) is 56.7 Å². The summed E-state index contributed by atoms with van der Waals surface area (Å²) in [5, 5.41) is 3.49. The predicted octanol–water partition coefficient (Wildman–Crippen LogP) is 2.80. The van der Waals surface area contributed by atoms with E-state index in [-0.39, 0.29) is 12.1 Å². The number of carbonyl (C=O) groups excluding carboxylic acids is 1. The van der Waals surface area contributed by atoms with Gasteiger partial charge in [-0.15, -0.1) is 0 Å². The summed E-state index contributed by atoms with van der Waals surface area (Å²) in [6.45, 7) is 5.62. The second kappa shape index (κ2) is 7.44. The van der Waals surface area contributed by atoms with Gasteiger partial charge in [0.15, 0.2) is 0 Å². The first-order valence-electron chi connectivity index (χ1n) is 7.57. The van der Waals surface area contributed by atoms with Gasteiger partial charge in [-0.3, -0.25) is 4.79 Å². The highest BCUT2D eigenvalue weighted by Gasteiger charge is 2.27. The van der Waals surface area contributed by atoms with Gasteiger partial charge < -0.3 is 10.1 Å². The van der Waals surface area contributed by atoms with Crippen molar-refractivity contribution in [1.82, 2.24) is 5.32 Å². The Labute approximate surface area is 121 Å². The smallest absolute Gasteiger partial charge is 0.302 e. The Hall–Kier alpha value is -1.35. The second-order valence-electron chi connectivity index (χ2n) is 5.86. The highest BCUT2D eigenvalue weighted by molar-refractivity contribution is 5.66. The molecule has 3 atom stereocenters. The molecule has 3 unspecified atom stereocenters. The molecule has 0 bridgehead atoms. The second-order valence-corrected chi connectivity index (χ2v) is 5.86. The predicted molar refractivity (Wildman–Crippen MR) is 80.5 cm³/mol. The van der Waals surface area contributed by atoms with Crippen molar-refractivity contribution in [1.29, 1.82) is 0 Å². The number of ether oxygens (including phenoxy) is 1. The molecule has 0 radical (unpaired) electrons. The molecular weight excluding hydrogens is 250 g/mol. The topological polar surface area (TPSA) is 38.3 Å². The molecule has 1 aromatic carbocycles. The fourth-order valence-electron chi connectivity index (χ4n) is 3.20. The molecule has 0 aromatic heterocycles. The molecule has 0 spiro atoms. The van der Waals surface area contributed by atoms with Crippen LogP contribution >= 0.6 is 0 Å². The summed E-state index contributed by atoms with van der Waals surface area (Å²) >= 11 is 0. The van der Waals surface area contributed by atoms with E-state index in [9.17, 15) is 4.79 Å². The van der Waals surface area contributed by atoms with E-state index in [1.165, 1.54) is 18.9 Å². The van der Waals surface area contributed by atoms with Crippen molar-refractivity contribution in [3.63, 3.8) is 0 Å². The van der Waals surface area contributed by atoms with E-state index < -0.39 is 0 Å². The quantitative estimate of drug-likeness (QED) is 0.840. The molecule has 1 aliphatic rings. The van der Waals surface area contributed by atoms with Crippen LogP contribution < -0.4 is 5.32 Å². The van der Waals surface area contributed by atoms with E-state index >= 15 is 0 Å². The molecule has 3 nitrogen and oxygen atoms in total. The van der Waals surface area contributed by atoms with Crippen LogP contribution in [-0.4, -0.2) is 25.2 Å². The number of rotatable bonds is 5. The molecule has 1 N–H and O–H groups in total. The van der Waals surface area contributed by atoms with Crippen LogP contribution in [0.2, 0.25) is 0 Å². The zero-order chi connectivity index (χ0) is 14.4. The lowest BCUT2D eigenvalue weighted by molar-refractivity contribution is -0.146. The summed E-state index contributed by atoms with van der Waals surface area (Å²) in [6, 6.07) is 10.6. The van der Waals surface area contributed by atoms with Crippen molar-refractivity contribution in [2.24, 2.45) is 11.8 Å². The van der Waals surface area contributed by atoms with E-state index in [4.69, 9.17) is 4.74 Å². The third-order valence-corrected chi connectivity index (χ3v) is 4.11. The molecule has 1 fully saturated rings. The van der Waals surface area contributed by atoms with Crippen LogP contribution in [0.5, 0.6) is 0 Å². The van der Waals surface area contributed by atoms with Crippen molar-refractivity contribution >= 4 is 5.97 Å². The molecule has 0 saturated carbocycles. The third-order valence-electron chi connectivity index (χ3n) is 4.11. The minimum atomic E-state index is -0.175. The van der Waals surface area contributed by atoms with Crippen molar-refractivity contribution in [3.8, 4) is 0 Å². The molecule has 1 aromatic rings. The van der Waals surface area contributed by atoms with Gasteiger partial charge in [-0.2, -0.15) is 0 Å². The van der Waals surface area contributed by atoms with E-state index in [0.29, 0.717) is 11.8 Å². The van der Waals surface area contributed by atoms with E-state index in [0.717, 1.165) is 25.9 Å². The summed E-state index contributed by atoms with van der Waals surface area (Å²) in [5.41, 5.74) is 1.39. The van der Waals surface area contributed by atoms with Gasteiger partial charge in [0.1, 0.15) is 0 Å². The Kier molecular flexibility index (Phi) is 5.60. The fraction of sp³-hybridized carbons (Fsp3) is 0.588. The number of hydrogen-bond donors (Lipinski definition) is 1. The Morgan fingerprint density at radius 1 is 1.35 bits per heavy atom. The zero-order valence-electron chi connectivity index (χ0n) is 12.5. The van der Waals surface area contributed by atoms with Crippen molar-refractivity contribution in [2.75, 3.05) is 13.1 Å². The van der Waals surface area contributed by atoms with Crippen LogP contribution in [0.25, 0.3) is 0 Å². The van der Waals surface area contributed by atoms with Gasteiger partial charge in [0.25, 0.3) is 0 Å². The van der Waals surface area contributed by atoms with Crippen LogP contribution in [0, 0.1) is 11.8 Å². The van der Waals surface area contributed by atoms with Gasteiger partial charge in [0, 0.05) is 6.92 Å². The van der Waals surface area contributed by atoms with E-state index in [1.54, 1.807) is 0 Å². The fourth-order valence-corrected chi connectivity index (χ4v) is 3.20. The minimum Gasteiger partial charge on any atom is -0.463 e. The largest absolute Gasteiger partial charge is 0.463 e. The number of carbonyl (C=O) groups is 1. The van der Waals surface area contributed by atoms with Crippen molar-refractivity contribution in [2.45, 2.75) is 39.2 Å². The maximum absolute atomic E-state index is 11.0. The van der Waals surface area contributed by atoms with Crippen LogP contribution in [0.15, 0.2) is 30.3 Å². The minimum absolute atomic E-state index is 0.0221. The molecule has 3 heteroatoms. The average Bonchev–Trinajstić information content (AvgIpc) is 2.41. The molecule has 1 aliphatic heterocycles. The molecule has 1 heterocycles. The van der Waals surface area contributed by atoms with Crippen molar-refractivity contribution < 1.29 is 9.53 Å². The van der Waals surface area contributed by atoms with Gasteiger partial charge in [-0.1, -0.05) is 30.3 Å². The maximum atomic E-state index is 11.0. The number of benzene rings is 1. The molecule has 110 valence electrons. The van der Waals surface area contributed by atoms with Gasteiger partial charge >= 0.3 is 5.97 Å². The van der Waals surface area contributed by atoms with Gasteiger partial charge in [0.05, 0.1) is 6.10 Å². The van der Waals surface area contributed by atoms with E-state index in [2.05, 4.69) is 35.6 Å². The Morgan fingerprint density at radius 2 is 2.10 bits per heavy atom. The molecule has 1 saturated heterocycles. The summed E-state index contributed by atoms with van der Waals surface area (Å²) in [6.07, 6.45) is 3.27. The van der Waals surface area contributed by atoms with E-state index in [1.807, 2.05) is 6.92 Å². The summed E-state index contributed by atoms with van der Waals surface area (Å²) in [5.74, 6) is 1.08. The van der Waals surface area contributed by atoms with Crippen LogP contribution in [0.1, 0.15) is 32.3 Å². The Bertz CT molecular complexity index is 418. The summed E-state index contributed by atoms with van der Waals surface area (Å²) < 4.78 is 5.29. The lowest BCUT2D eigenvalue weighted by Crippen LogP contribution is -2.39. The SMILES string of the molecule is CC(=O)OC(C)CC1CCNCC1Cc1ccccc1. The summed E-state index contributed by atoms with van der Waals surface area (Å²) in [4.78, 5) is 11.0. The summed E-state index contributed by atoms with van der Waals surface area (Å²) in [7, 11) is 0. The molecular formula is C17H25NO2. The molecule has 0 aliphatic carbocycles. The first-order valence-corrected chi connectivity index (χ1v) is 7.57. The highest BCUT2D eigenvalue weighted by Crippen LogP contribution is 2.28. The van der Waals surface area contributed by atoms with Gasteiger partial charge in [-0.25, -0.2) is 0 Å². The standard InChI is InChI=1S/C17H25NO2/c1-13(20-14(2)19)10-16-8-9-18-12-17(16)11-15-6-4-3-5-7-15/h3-7,13,16-18H,8-12H2,1-2H3. The average molecular weight is 275 g/mol. The highest BCUT2D eigenvalue weighted by atomic mass is 16.5. The lowest BCUT2D eigenvalue weighted by atomic mass is 9.79. The molecule has 0 amide bonds. The number of nitrogens with one attached hydrogen (secondary N) is 1. The number of piperidine rings is 1. The molecule has 2 rings (SSSR count). The Balaban J connectivity index is 1.93. The monoisotopic (exact) mass is 275 g/mol. The Morgan fingerprint density at radius 3 is 2.80 bits per heavy atom. The zero-order valence-corrected chi connectivity index (χ0v) is 12.5. The van der Waals surface area contributed by atoms with Gasteiger partial charge in [0.2, 0.25) is 0 Å². The molecule has 20 heavy (non-hydrogen) atoms. The van der Waals surface area contributed by atoms with Crippen molar-refractivity contribution in [3.05, 3.63) is 35.9 Å². The normalized spacial score (nSPS) is 24.1. The maximum Gasteiger partial charge on any atom is 0.302 e. The van der Waals surface area contributed by atoms with Crippen LogP contribution in [0.3, 0.4) is 0 Å². The first kappa shape index (κ1) is 15.0. The third kappa shape index (κ3) is 4.64. The lowest BCUT2D eigenvalue weighted by Gasteiger charge is -2.33. The van der Waals surface area contributed by atoms with Crippen LogP contribution in [-0.2, 0) is 16.0 Å². The van der Waals surface area contributed by atoms with Crippen LogP contribution in [0.4, 0.5) is 0 Å². The number of hydrogen-bond acceptors (Lipinski definition) is 3. The number of esters is 1. The first-order chi connectivity index (χ1) is 9.65.